The molecule has 1 atom stereocenters. The Morgan fingerprint density at radius 2 is 0.852 bits per heavy atom. The molecule has 61 heavy (non-hydrogen) atoms. The number of ketones is 1. The van der Waals surface area contributed by atoms with Crippen molar-refractivity contribution < 1.29 is 38.1 Å². The van der Waals surface area contributed by atoms with Gasteiger partial charge in [-0.05, 0) is 25.7 Å². The van der Waals surface area contributed by atoms with Gasteiger partial charge in [-0.2, -0.15) is 0 Å². The second-order valence-electron chi connectivity index (χ2n) is 17.6. The molecule has 0 aliphatic heterocycles. The summed E-state index contributed by atoms with van der Waals surface area (Å²) in [5.41, 5.74) is 0. The van der Waals surface area contributed by atoms with Gasteiger partial charge in [-0.3, -0.25) is 14.4 Å². The molecule has 0 spiro atoms. The van der Waals surface area contributed by atoms with Crippen LogP contribution in [0.1, 0.15) is 251 Å². The summed E-state index contributed by atoms with van der Waals surface area (Å²) < 4.78 is 21.3. The summed E-state index contributed by atoms with van der Waals surface area (Å²) in [7, 11) is 1.63. The third-order valence-electron chi connectivity index (χ3n) is 11.6. The second kappa shape index (κ2) is 48.8. The van der Waals surface area contributed by atoms with Crippen molar-refractivity contribution in [2.45, 2.75) is 257 Å². The van der Waals surface area contributed by atoms with Crippen molar-refractivity contribution in [3.63, 3.8) is 0 Å². The maximum atomic E-state index is 12.9. The molecule has 0 radical (unpaired) electrons. The molecule has 1 unspecified atom stereocenters. The Bertz CT molecular complexity index is 980. The largest absolute Gasteiger partial charge is 0.463 e. The average molecular weight is 867 g/mol. The molecule has 0 aliphatic carbocycles. The highest BCUT2D eigenvalue weighted by Crippen LogP contribution is 2.15. The summed E-state index contributed by atoms with van der Waals surface area (Å²) in [5, 5.41) is 5.74. The van der Waals surface area contributed by atoms with Gasteiger partial charge < -0.3 is 29.6 Å². The van der Waals surface area contributed by atoms with Gasteiger partial charge in [0.2, 0.25) is 5.91 Å². The van der Waals surface area contributed by atoms with E-state index in [4.69, 9.17) is 18.9 Å². The molecule has 0 bridgehead atoms. The SMILES string of the molecule is CCCCCCCCCCCCCCCCCCNC(=O)OCC(COC(=O)CCC(=O)CCCCOCCOC)NC(=O)CCCCCCCCCCCCCCCCC. The van der Waals surface area contributed by atoms with Crippen LogP contribution in [0.5, 0.6) is 0 Å². The Labute approximate surface area is 375 Å². The number of amides is 2. The predicted molar refractivity (Wildman–Crippen MR) is 252 cm³/mol. The quantitative estimate of drug-likeness (QED) is 0.0457. The van der Waals surface area contributed by atoms with Crippen LogP contribution >= 0.6 is 0 Å². The first-order valence-electron chi connectivity index (χ1n) is 25.9. The monoisotopic (exact) mass is 867 g/mol. The van der Waals surface area contributed by atoms with Crippen molar-refractivity contribution in [3.05, 3.63) is 0 Å². The normalized spacial score (nSPS) is 11.7. The minimum Gasteiger partial charge on any atom is -0.463 e. The van der Waals surface area contributed by atoms with Crippen LogP contribution in [0.15, 0.2) is 0 Å². The van der Waals surface area contributed by atoms with Crippen LogP contribution in [-0.2, 0) is 33.3 Å². The van der Waals surface area contributed by atoms with E-state index in [1.165, 1.54) is 167 Å². The molecule has 360 valence electrons. The summed E-state index contributed by atoms with van der Waals surface area (Å²) in [6, 6.07) is -0.664. The van der Waals surface area contributed by atoms with Gasteiger partial charge in [0.15, 0.2) is 0 Å². The van der Waals surface area contributed by atoms with Crippen LogP contribution in [0.25, 0.3) is 0 Å². The minimum absolute atomic E-state index is 0.00606. The van der Waals surface area contributed by atoms with Gasteiger partial charge in [0, 0.05) is 39.5 Å². The fourth-order valence-electron chi connectivity index (χ4n) is 7.58. The highest BCUT2D eigenvalue weighted by Gasteiger charge is 2.18. The number of ether oxygens (including phenoxy) is 4. The van der Waals surface area contributed by atoms with Crippen molar-refractivity contribution >= 4 is 23.8 Å². The predicted octanol–water partition coefficient (Wildman–Crippen LogP) is 13.4. The Morgan fingerprint density at radius 3 is 1.33 bits per heavy atom. The molecular formula is C51H98N2O8. The zero-order chi connectivity index (χ0) is 44.5. The summed E-state index contributed by atoms with van der Waals surface area (Å²) >= 11 is 0. The Hall–Kier alpha value is -2.20. The third kappa shape index (κ3) is 47.1. The Balaban J connectivity index is 4.34. The first-order chi connectivity index (χ1) is 29.9. The van der Waals surface area contributed by atoms with E-state index in [2.05, 4.69) is 24.5 Å². The van der Waals surface area contributed by atoms with Crippen molar-refractivity contribution in [3.8, 4) is 0 Å². The van der Waals surface area contributed by atoms with Gasteiger partial charge in [0.05, 0.1) is 25.7 Å². The van der Waals surface area contributed by atoms with E-state index in [9.17, 15) is 19.2 Å². The molecule has 0 aliphatic rings. The summed E-state index contributed by atoms with van der Waals surface area (Å²) in [6.07, 6.45) is 41.5. The molecule has 0 rings (SSSR count). The Morgan fingerprint density at radius 1 is 0.426 bits per heavy atom. The lowest BCUT2D eigenvalue weighted by atomic mass is 10.0. The van der Waals surface area contributed by atoms with Crippen LogP contribution in [-0.4, -0.2) is 76.5 Å². The Kier molecular flexibility index (Phi) is 47.1. The van der Waals surface area contributed by atoms with E-state index < -0.39 is 18.1 Å². The van der Waals surface area contributed by atoms with Crippen LogP contribution in [0.2, 0.25) is 0 Å². The summed E-state index contributed by atoms with van der Waals surface area (Å²) in [5.74, 6) is -0.647. The number of Topliss-reactive ketones (excluding diaryl/α,β-unsaturated/α-hetero) is 1. The summed E-state index contributed by atoms with van der Waals surface area (Å²) in [6.45, 7) is 6.50. The standard InChI is InChI=1S/C51H98N2O8/c1-4-6-8-10-12-14-16-18-20-22-24-26-28-30-32-35-41-52-51(57)61-46-47(45-60-50(56)40-39-48(54)37-34-36-42-59-44-43-58-3)53-49(55)38-33-31-29-27-25-23-21-19-17-15-13-11-9-7-5-2/h47H,4-46H2,1-3H3,(H,52,57)(H,53,55). The number of nitrogens with one attached hydrogen (secondary N) is 2. The molecule has 10 heteroatoms. The molecule has 10 nitrogen and oxygen atoms in total. The topological polar surface area (TPSA) is 129 Å². The van der Waals surface area contributed by atoms with E-state index in [0.717, 1.165) is 38.5 Å². The number of carbonyl (C=O) groups is 4. The number of carbonyl (C=O) groups excluding carboxylic acids is 4. The molecule has 0 aromatic rings. The smallest absolute Gasteiger partial charge is 0.407 e. The zero-order valence-electron chi connectivity index (χ0n) is 40.2. The van der Waals surface area contributed by atoms with Gasteiger partial charge in [0.25, 0.3) is 0 Å². The maximum Gasteiger partial charge on any atom is 0.407 e. The first kappa shape index (κ1) is 58.8. The van der Waals surface area contributed by atoms with E-state index in [-0.39, 0.29) is 37.7 Å². The van der Waals surface area contributed by atoms with Crippen LogP contribution in [0.3, 0.4) is 0 Å². The van der Waals surface area contributed by atoms with Crippen molar-refractivity contribution in [1.29, 1.82) is 0 Å². The lowest BCUT2D eigenvalue weighted by molar-refractivity contribution is -0.146. The number of hydrogen-bond acceptors (Lipinski definition) is 8. The number of esters is 1. The molecule has 0 fully saturated rings. The van der Waals surface area contributed by atoms with Crippen molar-refractivity contribution in [2.24, 2.45) is 0 Å². The van der Waals surface area contributed by atoms with Gasteiger partial charge in [0.1, 0.15) is 19.0 Å². The van der Waals surface area contributed by atoms with Gasteiger partial charge >= 0.3 is 12.1 Å². The second-order valence-corrected chi connectivity index (χ2v) is 17.6. The van der Waals surface area contributed by atoms with Gasteiger partial charge in [-0.25, -0.2) is 4.79 Å². The van der Waals surface area contributed by atoms with Crippen molar-refractivity contribution in [1.82, 2.24) is 10.6 Å². The number of unbranched alkanes of at least 4 members (excludes halogenated alkanes) is 30. The highest BCUT2D eigenvalue weighted by atomic mass is 16.6. The van der Waals surface area contributed by atoms with Gasteiger partial charge in [-0.15, -0.1) is 0 Å². The first-order valence-corrected chi connectivity index (χ1v) is 25.9. The highest BCUT2D eigenvalue weighted by molar-refractivity contribution is 5.83. The number of rotatable bonds is 49. The van der Waals surface area contributed by atoms with E-state index in [1.807, 2.05) is 0 Å². The molecule has 2 N–H and O–H groups in total. The van der Waals surface area contributed by atoms with Crippen molar-refractivity contribution in [2.75, 3.05) is 46.7 Å². The minimum atomic E-state index is -0.664. The lowest BCUT2D eigenvalue weighted by Crippen LogP contribution is -2.43. The van der Waals surface area contributed by atoms with E-state index >= 15 is 0 Å². The van der Waals surface area contributed by atoms with E-state index in [0.29, 0.717) is 45.6 Å². The summed E-state index contributed by atoms with van der Waals surface area (Å²) in [4.78, 5) is 50.2. The van der Waals surface area contributed by atoms with Crippen LogP contribution in [0, 0.1) is 0 Å². The molecule has 0 aromatic carbocycles. The maximum absolute atomic E-state index is 12.9. The number of methoxy groups -OCH3 is 1. The molecule has 2 amide bonds. The molecule has 0 aromatic heterocycles. The number of alkyl carbamates (subject to hydrolysis) is 1. The van der Waals surface area contributed by atoms with Gasteiger partial charge in [-0.1, -0.05) is 200 Å². The van der Waals surface area contributed by atoms with E-state index in [1.54, 1.807) is 7.11 Å². The third-order valence-corrected chi connectivity index (χ3v) is 11.6. The van der Waals surface area contributed by atoms with Crippen LogP contribution in [0.4, 0.5) is 4.79 Å². The molecule has 0 saturated carbocycles. The molecule has 0 saturated heterocycles. The van der Waals surface area contributed by atoms with Crippen LogP contribution < -0.4 is 10.6 Å². The zero-order valence-corrected chi connectivity index (χ0v) is 40.2. The fourth-order valence-corrected chi connectivity index (χ4v) is 7.58. The molecular weight excluding hydrogens is 769 g/mol. The lowest BCUT2D eigenvalue weighted by Gasteiger charge is -2.19. The fraction of sp³-hybridized carbons (Fsp3) is 0.922. The molecule has 0 heterocycles. The average Bonchev–Trinajstić information content (AvgIpc) is 3.25. The number of hydrogen-bond donors (Lipinski definition) is 2.